The number of halogens is 2. The molecule has 0 bridgehead atoms. The number of anilines is 1. The second-order valence-electron chi connectivity index (χ2n) is 5.79. The molecule has 0 spiro atoms. The second-order valence-corrected chi connectivity index (χ2v) is 7.14. The van der Waals surface area contributed by atoms with Crippen molar-refractivity contribution in [2.75, 3.05) is 5.32 Å². The fourth-order valence-electron chi connectivity index (χ4n) is 2.29. The van der Waals surface area contributed by atoms with E-state index < -0.39 is 0 Å². The third-order valence-electron chi connectivity index (χ3n) is 3.76. The van der Waals surface area contributed by atoms with E-state index in [1.165, 1.54) is 6.21 Å². The Balaban J connectivity index is 1.57. The quantitative estimate of drug-likeness (QED) is 0.413. The molecule has 3 rings (SSSR count). The smallest absolute Gasteiger partial charge is 0.271 e. The van der Waals surface area contributed by atoms with Crippen LogP contribution in [0.1, 0.15) is 26.3 Å². The molecule has 0 aromatic heterocycles. The van der Waals surface area contributed by atoms with Gasteiger partial charge in [0.05, 0.1) is 6.21 Å². The zero-order chi connectivity index (χ0) is 19.9. The van der Waals surface area contributed by atoms with Crippen molar-refractivity contribution in [3.8, 4) is 0 Å². The molecular weight excluding hydrogens is 442 g/mol. The summed E-state index contributed by atoms with van der Waals surface area (Å²) in [5.41, 5.74) is 4.84. The number of carbonyl (C=O) groups is 2. The van der Waals surface area contributed by atoms with Crippen LogP contribution in [0.3, 0.4) is 0 Å². The van der Waals surface area contributed by atoms with Crippen molar-refractivity contribution in [3.63, 3.8) is 0 Å². The second kappa shape index (κ2) is 9.30. The Kier molecular flexibility index (Phi) is 6.57. The molecule has 0 saturated carbocycles. The summed E-state index contributed by atoms with van der Waals surface area (Å²) in [5.74, 6) is -0.576. The van der Waals surface area contributed by atoms with Gasteiger partial charge in [-0.3, -0.25) is 9.59 Å². The maximum Gasteiger partial charge on any atom is 0.271 e. The molecule has 0 radical (unpaired) electrons. The Morgan fingerprint density at radius 2 is 1.39 bits per heavy atom. The topological polar surface area (TPSA) is 70.6 Å². The minimum absolute atomic E-state index is 0.225. The van der Waals surface area contributed by atoms with E-state index in [9.17, 15) is 9.59 Å². The molecule has 140 valence electrons. The fourth-order valence-corrected chi connectivity index (χ4v) is 2.68. The minimum Gasteiger partial charge on any atom is -0.322 e. The maximum absolute atomic E-state index is 12.2. The normalized spacial score (nSPS) is 10.6. The Morgan fingerprint density at radius 1 is 0.821 bits per heavy atom. The van der Waals surface area contributed by atoms with E-state index in [1.54, 1.807) is 72.8 Å². The highest BCUT2D eigenvalue weighted by Gasteiger charge is 2.08. The molecule has 5 nitrogen and oxygen atoms in total. The monoisotopic (exact) mass is 455 g/mol. The summed E-state index contributed by atoms with van der Waals surface area (Å²) < 4.78 is 0.901. The summed E-state index contributed by atoms with van der Waals surface area (Å²) in [5, 5.41) is 7.34. The molecule has 0 fully saturated rings. The van der Waals surface area contributed by atoms with E-state index in [0.717, 1.165) is 10.0 Å². The Hall–Kier alpha value is -2.96. The first-order valence-corrected chi connectivity index (χ1v) is 9.44. The third kappa shape index (κ3) is 5.52. The van der Waals surface area contributed by atoms with Gasteiger partial charge in [0, 0.05) is 26.3 Å². The van der Waals surface area contributed by atoms with E-state index >= 15 is 0 Å². The first-order chi connectivity index (χ1) is 13.5. The SMILES string of the molecule is O=C(N/N=C\c1ccc(Cl)cc1)c1ccc(NC(=O)c2ccc(Br)cc2)cc1. The number of nitrogens with zero attached hydrogens (tertiary/aromatic N) is 1. The van der Waals surface area contributed by atoms with Gasteiger partial charge in [-0.05, 0) is 66.2 Å². The maximum atomic E-state index is 12.2. The molecule has 0 aliphatic rings. The number of amides is 2. The van der Waals surface area contributed by atoms with Crippen LogP contribution in [-0.4, -0.2) is 18.0 Å². The zero-order valence-electron chi connectivity index (χ0n) is 14.5. The van der Waals surface area contributed by atoms with Crippen molar-refractivity contribution in [2.45, 2.75) is 0 Å². The van der Waals surface area contributed by atoms with Gasteiger partial charge in [0.1, 0.15) is 0 Å². The highest BCUT2D eigenvalue weighted by molar-refractivity contribution is 9.10. The van der Waals surface area contributed by atoms with Crippen molar-refractivity contribution in [1.82, 2.24) is 5.43 Å². The van der Waals surface area contributed by atoms with Crippen LogP contribution < -0.4 is 10.7 Å². The summed E-state index contributed by atoms with van der Waals surface area (Å²) in [6.07, 6.45) is 1.53. The molecule has 2 amide bonds. The van der Waals surface area contributed by atoms with Gasteiger partial charge in [-0.1, -0.05) is 39.7 Å². The van der Waals surface area contributed by atoms with Gasteiger partial charge in [-0.2, -0.15) is 5.10 Å². The molecular formula is C21H15BrClN3O2. The lowest BCUT2D eigenvalue weighted by Crippen LogP contribution is -2.17. The van der Waals surface area contributed by atoms with E-state index in [4.69, 9.17) is 11.6 Å². The average molecular weight is 457 g/mol. The van der Waals surface area contributed by atoms with Gasteiger partial charge >= 0.3 is 0 Å². The highest BCUT2D eigenvalue weighted by Crippen LogP contribution is 2.14. The van der Waals surface area contributed by atoms with Gasteiger partial charge in [-0.15, -0.1) is 0 Å². The molecule has 2 N–H and O–H groups in total. The Morgan fingerprint density at radius 3 is 2.04 bits per heavy atom. The van der Waals surface area contributed by atoms with Crippen molar-refractivity contribution in [1.29, 1.82) is 0 Å². The van der Waals surface area contributed by atoms with Crippen LogP contribution in [-0.2, 0) is 0 Å². The Bertz CT molecular complexity index is 1000. The average Bonchev–Trinajstić information content (AvgIpc) is 2.70. The summed E-state index contributed by atoms with van der Waals surface area (Å²) in [6, 6.07) is 20.7. The van der Waals surface area contributed by atoms with Crippen LogP contribution in [0.4, 0.5) is 5.69 Å². The van der Waals surface area contributed by atoms with Crippen molar-refractivity contribution in [3.05, 3.63) is 99.0 Å². The van der Waals surface area contributed by atoms with E-state index in [0.29, 0.717) is 21.8 Å². The van der Waals surface area contributed by atoms with Gasteiger partial charge in [0.25, 0.3) is 11.8 Å². The number of benzene rings is 3. The Labute approximate surface area is 175 Å². The molecule has 0 aliphatic carbocycles. The number of hydrazone groups is 1. The number of carbonyl (C=O) groups excluding carboxylic acids is 2. The van der Waals surface area contributed by atoms with E-state index in [1.807, 2.05) is 0 Å². The standard InChI is InChI=1S/C21H15BrClN3O2/c22-17-7-3-15(4-8-17)20(27)25-19-11-5-16(6-12-19)21(28)26-24-13-14-1-9-18(23)10-2-14/h1-13H,(H,25,27)(H,26,28)/b24-13-. The lowest BCUT2D eigenvalue weighted by Gasteiger charge is -2.06. The fraction of sp³-hybridized carbons (Fsp3) is 0. The molecule has 0 unspecified atom stereocenters. The molecule has 3 aromatic carbocycles. The summed E-state index contributed by atoms with van der Waals surface area (Å²) in [4.78, 5) is 24.3. The van der Waals surface area contributed by atoms with Gasteiger partial charge in [0.15, 0.2) is 0 Å². The number of nitrogens with one attached hydrogen (secondary N) is 2. The summed E-state index contributed by atoms with van der Waals surface area (Å²) >= 11 is 9.15. The van der Waals surface area contributed by atoms with Crippen LogP contribution in [0, 0.1) is 0 Å². The van der Waals surface area contributed by atoms with E-state index in [-0.39, 0.29) is 11.8 Å². The minimum atomic E-state index is -0.351. The van der Waals surface area contributed by atoms with Crippen molar-refractivity contribution in [2.24, 2.45) is 5.10 Å². The summed E-state index contributed by atoms with van der Waals surface area (Å²) in [7, 11) is 0. The molecule has 3 aromatic rings. The van der Waals surface area contributed by atoms with Crippen molar-refractivity contribution < 1.29 is 9.59 Å². The van der Waals surface area contributed by atoms with Crippen LogP contribution in [0.5, 0.6) is 0 Å². The summed E-state index contributed by atoms with van der Waals surface area (Å²) in [6.45, 7) is 0. The molecule has 0 saturated heterocycles. The molecule has 0 heterocycles. The predicted octanol–water partition coefficient (Wildman–Crippen LogP) is 5.12. The lowest BCUT2D eigenvalue weighted by molar-refractivity contribution is 0.0954. The zero-order valence-corrected chi connectivity index (χ0v) is 16.9. The first-order valence-electron chi connectivity index (χ1n) is 8.27. The van der Waals surface area contributed by atoms with Gasteiger partial charge in [-0.25, -0.2) is 5.43 Å². The number of hydrogen-bond acceptors (Lipinski definition) is 3. The van der Waals surface area contributed by atoms with Crippen LogP contribution >= 0.6 is 27.5 Å². The number of rotatable bonds is 5. The molecule has 0 atom stereocenters. The molecule has 7 heteroatoms. The largest absolute Gasteiger partial charge is 0.322 e. The van der Waals surface area contributed by atoms with Gasteiger partial charge < -0.3 is 5.32 Å². The van der Waals surface area contributed by atoms with Crippen molar-refractivity contribution >= 4 is 51.2 Å². The van der Waals surface area contributed by atoms with Crippen LogP contribution in [0.2, 0.25) is 5.02 Å². The first kappa shape index (κ1) is 19.8. The van der Waals surface area contributed by atoms with Gasteiger partial charge in [0.2, 0.25) is 0 Å². The van der Waals surface area contributed by atoms with E-state index in [2.05, 4.69) is 31.8 Å². The van der Waals surface area contributed by atoms with Crippen LogP contribution in [0.15, 0.2) is 82.4 Å². The lowest BCUT2D eigenvalue weighted by atomic mass is 10.1. The van der Waals surface area contributed by atoms with Crippen LogP contribution in [0.25, 0.3) is 0 Å². The predicted molar refractivity (Wildman–Crippen MR) is 115 cm³/mol. The highest BCUT2D eigenvalue weighted by atomic mass is 79.9. The molecule has 28 heavy (non-hydrogen) atoms. The third-order valence-corrected chi connectivity index (χ3v) is 4.54. The molecule has 0 aliphatic heterocycles. The number of hydrogen-bond donors (Lipinski definition) is 2.